The fourth-order valence-corrected chi connectivity index (χ4v) is 1.94. The quantitative estimate of drug-likeness (QED) is 0.790. The first-order chi connectivity index (χ1) is 9.40. The molecule has 0 aliphatic heterocycles. The second kappa shape index (κ2) is 8.89. The lowest BCUT2D eigenvalue weighted by molar-refractivity contribution is -0.137. The van der Waals surface area contributed by atoms with Crippen LogP contribution in [0, 0.1) is 0 Å². The van der Waals surface area contributed by atoms with Crippen molar-refractivity contribution < 1.29 is 18.0 Å². The number of rotatable bonds is 6. The van der Waals surface area contributed by atoms with Crippen LogP contribution in [0.5, 0.6) is 0 Å². The van der Waals surface area contributed by atoms with Gasteiger partial charge in [-0.3, -0.25) is 4.79 Å². The number of carbonyl (C=O) groups is 1. The molecule has 0 radical (unpaired) electrons. The Hall–Kier alpha value is -1.27. The molecular formula is C14H20ClF3N2O. The topological polar surface area (TPSA) is 41.1 Å². The number of halogens is 4. The van der Waals surface area contributed by atoms with Crippen molar-refractivity contribution in [2.75, 3.05) is 20.1 Å². The first-order valence-corrected chi connectivity index (χ1v) is 6.49. The van der Waals surface area contributed by atoms with Crippen LogP contribution in [0.15, 0.2) is 24.3 Å². The summed E-state index contributed by atoms with van der Waals surface area (Å²) in [5.74, 6) is -0.809. The maximum Gasteiger partial charge on any atom is 0.416 e. The minimum atomic E-state index is -4.39. The standard InChI is InChI=1S/C14H19F3N2O.ClH/c1-3-12(13(20)19-8-7-18-2)10-5-4-6-11(9-10)14(15,16)17;/h4-6,9,12,18H,3,7-8H2,1-2H3,(H,19,20);1H. The van der Waals surface area contributed by atoms with Gasteiger partial charge in [-0.2, -0.15) is 13.2 Å². The third kappa shape index (κ3) is 5.93. The molecular weight excluding hydrogens is 305 g/mol. The van der Waals surface area contributed by atoms with E-state index in [1.807, 2.05) is 0 Å². The molecule has 0 heterocycles. The van der Waals surface area contributed by atoms with Crippen LogP contribution in [-0.2, 0) is 11.0 Å². The highest BCUT2D eigenvalue weighted by molar-refractivity contribution is 5.85. The maximum atomic E-state index is 12.7. The van der Waals surface area contributed by atoms with Crippen molar-refractivity contribution in [2.45, 2.75) is 25.4 Å². The summed E-state index contributed by atoms with van der Waals surface area (Å²) >= 11 is 0. The van der Waals surface area contributed by atoms with E-state index in [1.165, 1.54) is 6.07 Å². The summed E-state index contributed by atoms with van der Waals surface area (Å²) in [6.45, 7) is 2.85. The van der Waals surface area contributed by atoms with Crippen molar-refractivity contribution in [1.29, 1.82) is 0 Å². The molecule has 1 rings (SSSR count). The van der Waals surface area contributed by atoms with E-state index < -0.39 is 17.7 Å². The zero-order valence-electron chi connectivity index (χ0n) is 12.0. The number of benzene rings is 1. The van der Waals surface area contributed by atoms with Crippen LogP contribution in [0.4, 0.5) is 13.2 Å². The Kier molecular flexibility index (Phi) is 8.36. The van der Waals surface area contributed by atoms with Crippen molar-refractivity contribution in [3.8, 4) is 0 Å². The molecule has 1 atom stereocenters. The Labute approximate surface area is 128 Å². The van der Waals surface area contributed by atoms with Gasteiger partial charge in [-0.1, -0.05) is 25.1 Å². The van der Waals surface area contributed by atoms with E-state index in [1.54, 1.807) is 20.0 Å². The normalized spacial score (nSPS) is 12.4. The molecule has 0 fully saturated rings. The predicted octanol–water partition coefficient (Wildman–Crippen LogP) is 2.96. The second-order valence-electron chi connectivity index (χ2n) is 4.48. The van der Waals surface area contributed by atoms with E-state index in [0.29, 0.717) is 25.1 Å². The fraction of sp³-hybridized carbons (Fsp3) is 0.500. The number of nitrogens with one attached hydrogen (secondary N) is 2. The van der Waals surface area contributed by atoms with E-state index >= 15 is 0 Å². The minimum Gasteiger partial charge on any atom is -0.354 e. The summed E-state index contributed by atoms with van der Waals surface area (Å²) in [4.78, 5) is 12.0. The van der Waals surface area contributed by atoms with Crippen LogP contribution in [0.3, 0.4) is 0 Å². The van der Waals surface area contributed by atoms with Crippen LogP contribution in [-0.4, -0.2) is 26.0 Å². The van der Waals surface area contributed by atoms with Gasteiger partial charge in [-0.25, -0.2) is 0 Å². The van der Waals surface area contributed by atoms with Crippen LogP contribution in [0.25, 0.3) is 0 Å². The lowest BCUT2D eigenvalue weighted by Crippen LogP contribution is -2.34. The first kappa shape index (κ1) is 19.7. The predicted molar refractivity (Wildman–Crippen MR) is 78.7 cm³/mol. The summed E-state index contributed by atoms with van der Waals surface area (Å²) < 4.78 is 38.0. The van der Waals surface area contributed by atoms with Crippen LogP contribution in [0.1, 0.15) is 30.4 Å². The highest BCUT2D eigenvalue weighted by atomic mass is 35.5. The fourth-order valence-electron chi connectivity index (χ4n) is 1.94. The van der Waals surface area contributed by atoms with Gasteiger partial charge >= 0.3 is 6.18 Å². The third-order valence-electron chi connectivity index (χ3n) is 3.02. The van der Waals surface area contributed by atoms with E-state index in [4.69, 9.17) is 0 Å². The van der Waals surface area contributed by atoms with Crippen LogP contribution >= 0.6 is 12.4 Å². The van der Waals surface area contributed by atoms with Crippen molar-refractivity contribution in [3.63, 3.8) is 0 Å². The molecule has 1 aromatic rings. The van der Waals surface area contributed by atoms with Gasteiger partial charge in [0, 0.05) is 13.1 Å². The number of hydrogen-bond acceptors (Lipinski definition) is 2. The monoisotopic (exact) mass is 324 g/mol. The highest BCUT2D eigenvalue weighted by Crippen LogP contribution is 2.31. The second-order valence-corrected chi connectivity index (χ2v) is 4.48. The number of hydrogen-bond donors (Lipinski definition) is 2. The molecule has 1 amide bonds. The number of alkyl halides is 3. The number of likely N-dealkylation sites (N-methyl/N-ethyl adjacent to an activating group) is 1. The van der Waals surface area contributed by atoms with Gasteiger partial charge in [-0.05, 0) is 25.1 Å². The molecule has 0 bridgehead atoms. The van der Waals surface area contributed by atoms with Crippen molar-refractivity contribution >= 4 is 18.3 Å². The maximum absolute atomic E-state index is 12.7. The van der Waals surface area contributed by atoms with Gasteiger partial charge in [-0.15, -0.1) is 12.4 Å². The number of amides is 1. The molecule has 0 saturated carbocycles. The van der Waals surface area contributed by atoms with Gasteiger partial charge in [0.1, 0.15) is 0 Å². The van der Waals surface area contributed by atoms with Crippen molar-refractivity contribution in [3.05, 3.63) is 35.4 Å². The molecule has 0 spiro atoms. The van der Waals surface area contributed by atoms with Crippen LogP contribution in [0.2, 0.25) is 0 Å². The Balaban J connectivity index is 0.00000400. The summed E-state index contributed by atoms with van der Waals surface area (Å²) in [6, 6.07) is 4.95. The van der Waals surface area contributed by atoms with E-state index in [0.717, 1.165) is 12.1 Å². The summed E-state index contributed by atoms with van der Waals surface area (Å²) in [6.07, 6.45) is -3.94. The summed E-state index contributed by atoms with van der Waals surface area (Å²) in [5.41, 5.74) is -0.333. The zero-order valence-corrected chi connectivity index (χ0v) is 12.8. The summed E-state index contributed by atoms with van der Waals surface area (Å²) in [5, 5.41) is 5.59. The average molecular weight is 325 g/mol. The Morgan fingerprint density at radius 2 is 1.95 bits per heavy atom. The Bertz CT molecular complexity index is 452. The Morgan fingerprint density at radius 1 is 1.29 bits per heavy atom. The first-order valence-electron chi connectivity index (χ1n) is 6.49. The minimum absolute atomic E-state index is 0. The molecule has 120 valence electrons. The molecule has 3 nitrogen and oxygen atoms in total. The average Bonchev–Trinajstić information content (AvgIpc) is 2.39. The molecule has 0 aliphatic carbocycles. The van der Waals surface area contributed by atoms with E-state index in [2.05, 4.69) is 10.6 Å². The van der Waals surface area contributed by atoms with Crippen molar-refractivity contribution in [2.24, 2.45) is 0 Å². The number of carbonyl (C=O) groups excluding carboxylic acids is 1. The summed E-state index contributed by atoms with van der Waals surface area (Å²) in [7, 11) is 1.76. The molecule has 21 heavy (non-hydrogen) atoms. The molecule has 2 N–H and O–H groups in total. The lowest BCUT2D eigenvalue weighted by Gasteiger charge is -2.17. The zero-order chi connectivity index (χ0) is 15.2. The van der Waals surface area contributed by atoms with E-state index in [-0.39, 0.29) is 18.3 Å². The largest absolute Gasteiger partial charge is 0.416 e. The van der Waals surface area contributed by atoms with Crippen LogP contribution < -0.4 is 10.6 Å². The SMILES string of the molecule is CCC(C(=O)NCCNC)c1cccc(C(F)(F)F)c1.Cl. The lowest BCUT2D eigenvalue weighted by atomic mass is 9.94. The smallest absolute Gasteiger partial charge is 0.354 e. The molecule has 7 heteroatoms. The van der Waals surface area contributed by atoms with Gasteiger partial charge in [0.25, 0.3) is 0 Å². The Morgan fingerprint density at radius 3 is 2.48 bits per heavy atom. The highest BCUT2D eigenvalue weighted by Gasteiger charge is 2.31. The van der Waals surface area contributed by atoms with Gasteiger partial charge in [0.2, 0.25) is 5.91 Å². The molecule has 0 saturated heterocycles. The van der Waals surface area contributed by atoms with Gasteiger partial charge in [0.05, 0.1) is 11.5 Å². The van der Waals surface area contributed by atoms with Gasteiger partial charge in [0.15, 0.2) is 0 Å². The third-order valence-corrected chi connectivity index (χ3v) is 3.02. The van der Waals surface area contributed by atoms with Crippen molar-refractivity contribution in [1.82, 2.24) is 10.6 Å². The molecule has 1 unspecified atom stereocenters. The molecule has 0 aliphatic rings. The van der Waals surface area contributed by atoms with Gasteiger partial charge < -0.3 is 10.6 Å². The molecule has 1 aromatic carbocycles. The molecule has 0 aromatic heterocycles. The van der Waals surface area contributed by atoms with E-state index in [9.17, 15) is 18.0 Å².